The van der Waals surface area contributed by atoms with Gasteiger partial charge in [0.1, 0.15) is 0 Å². The molecule has 1 N–H and O–H groups in total. The van der Waals surface area contributed by atoms with Crippen molar-refractivity contribution >= 4 is 10.9 Å². The van der Waals surface area contributed by atoms with Crippen molar-refractivity contribution in [2.45, 2.75) is 38.1 Å². The molecule has 110 valence electrons. The average molecular weight is 280 g/mol. The summed E-state index contributed by atoms with van der Waals surface area (Å²) in [5.74, 6) is 2.98. The molecule has 0 saturated heterocycles. The Hall–Kier alpha value is -1.41. The molecular weight excluding hydrogens is 256 g/mol. The molecule has 4 unspecified atom stereocenters. The van der Waals surface area contributed by atoms with Crippen LogP contribution in [0.5, 0.6) is 0 Å². The molecule has 21 heavy (non-hydrogen) atoms. The van der Waals surface area contributed by atoms with Gasteiger partial charge in [-0.15, -0.1) is 0 Å². The van der Waals surface area contributed by atoms with Gasteiger partial charge in [-0.25, -0.2) is 0 Å². The van der Waals surface area contributed by atoms with Crippen molar-refractivity contribution in [3.63, 3.8) is 0 Å². The summed E-state index contributed by atoms with van der Waals surface area (Å²) in [6.07, 6.45) is 9.11. The fraction of sp³-hybridized carbons (Fsp3) is 0.526. The van der Waals surface area contributed by atoms with Crippen LogP contribution in [-0.4, -0.2) is 12.0 Å². The lowest BCUT2D eigenvalue weighted by atomic mass is 9.82. The van der Waals surface area contributed by atoms with Gasteiger partial charge in [-0.1, -0.05) is 18.6 Å². The Balaban J connectivity index is 1.56. The molecule has 2 saturated carbocycles. The molecule has 2 bridgehead atoms. The molecule has 4 atom stereocenters. The number of aromatic nitrogens is 1. The molecule has 2 nitrogen and oxygen atoms in total. The first-order chi connectivity index (χ1) is 10.3. The van der Waals surface area contributed by atoms with Crippen LogP contribution in [0, 0.1) is 17.8 Å². The predicted octanol–water partition coefficient (Wildman–Crippen LogP) is 4.32. The number of nitrogens with one attached hydrogen (secondary N) is 1. The molecule has 2 aromatic rings. The Morgan fingerprint density at radius 3 is 2.95 bits per heavy atom. The molecule has 2 aliphatic carbocycles. The van der Waals surface area contributed by atoms with Gasteiger partial charge < -0.3 is 5.32 Å². The van der Waals surface area contributed by atoms with Gasteiger partial charge >= 0.3 is 0 Å². The van der Waals surface area contributed by atoms with Crippen molar-refractivity contribution in [3.8, 4) is 0 Å². The van der Waals surface area contributed by atoms with Crippen LogP contribution in [-0.2, 0) is 0 Å². The predicted molar refractivity (Wildman–Crippen MR) is 87.1 cm³/mol. The summed E-state index contributed by atoms with van der Waals surface area (Å²) < 4.78 is 0. The molecule has 0 amide bonds. The number of nitrogens with zero attached hydrogens (tertiary/aromatic N) is 1. The lowest BCUT2D eigenvalue weighted by molar-refractivity contribution is 0.284. The third-order valence-electron chi connectivity index (χ3n) is 5.80. The van der Waals surface area contributed by atoms with Gasteiger partial charge in [0, 0.05) is 17.6 Å². The second-order valence-corrected chi connectivity index (χ2v) is 6.97. The van der Waals surface area contributed by atoms with E-state index in [-0.39, 0.29) is 0 Å². The van der Waals surface area contributed by atoms with Crippen LogP contribution in [0.15, 0.2) is 36.5 Å². The minimum atomic E-state index is 0.485. The topological polar surface area (TPSA) is 24.9 Å². The molecule has 1 heterocycles. The van der Waals surface area contributed by atoms with Crippen LogP contribution in [0.25, 0.3) is 10.9 Å². The Morgan fingerprint density at radius 1 is 1.24 bits per heavy atom. The minimum absolute atomic E-state index is 0.485. The first-order valence-corrected chi connectivity index (χ1v) is 8.35. The quantitative estimate of drug-likeness (QED) is 0.902. The molecule has 4 rings (SSSR count). The largest absolute Gasteiger partial charge is 0.313 e. The monoisotopic (exact) mass is 280 g/mol. The van der Waals surface area contributed by atoms with Crippen molar-refractivity contribution < 1.29 is 0 Å². The van der Waals surface area contributed by atoms with Gasteiger partial charge in [-0.2, -0.15) is 0 Å². The van der Waals surface area contributed by atoms with Gasteiger partial charge in [0.25, 0.3) is 0 Å². The second-order valence-electron chi connectivity index (χ2n) is 6.97. The zero-order chi connectivity index (χ0) is 14.2. The zero-order valence-corrected chi connectivity index (χ0v) is 12.8. The van der Waals surface area contributed by atoms with Crippen LogP contribution in [0.4, 0.5) is 0 Å². The minimum Gasteiger partial charge on any atom is -0.313 e. The molecular formula is C19H24N2. The summed E-state index contributed by atoms with van der Waals surface area (Å²) in [6, 6.07) is 11.4. The Labute approximate surface area is 127 Å². The lowest BCUT2D eigenvalue weighted by Crippen LogP contribution is -2.22. The Morgan fingerprint density at radius 2 is 2.19 bits per heavy atom. The number of pyridine rings is 1. The summed E-state index contributed by atoms with van der Waals surface area (Å²) in [5, 5.41) is 4.80. The highest BCUT2D eigenvalue weighted by atomic mass is 14.9. The van der Waals surface area contributed by atoms with Crippen LogP contribution in [0.1, 0.15) is 43.7 Å². The van der Waals surface area contributed by atoms with E-state index in [2.05, 4.69) is 41.6 Å². The van der Waals surface area contributed by atoms with Gasteiger partial charge in [0.15, 0.2) is 0 Å². The normalized spacial score (nSPS) is 29.1. The highest BCUT2D eigenvalue weighted by molar-refractivity contribution is 5.79. The van der Waals surface area contributed by atoms with Gasteiger partial charge in [0.2, 0.25) is 0 Å². The molecule has 2 heteroatoms. The first-order valence-electron chi connectivity index (χ1n) is 8.35. The van der Waals surface area contributed by atoms with E-state index in [1.165, 1.54) is 43.1 Å². The second kappa shape index (κ2) is 5.42. The molecule has 0 spiro atoms. The highest BCUT2D eigenvalue weighted by Crippen LogP contribution is 2.50. The molecule has 0 radical (unpaired) electrons. The lowest BCUT2D eigenvalue weighted by Gasteiger charge is -2.27. The van der Waals surface area contributed by atoms with Gasteiger partial charge in [-0.05, 0) is 74.2 Å². The maximum absolute atomic E-state index is 4.42. The molecule has 2 fully saturated rings. The molecule has 1 aromatic heterocycles. The Bertz CT molecular complexity index is 636. The van der Waals surface area contributed by atoms with E-state index in [0.29, 0.717) is 6.04 Å². The smallest absolute Gasteiger partial charge is 0.0702 e. The standard InChI is InChI=1S/C19H24N2/c1-20-19(12-17-10-13-4-5-14(17)9-13)16-6-7-18-15(11-16)3-2-8-21-18/h2-3,6-8,11,13-14,17,19-20H,4-5,9-10,12H2,1H3. The maximum Gasteiger partial charge on any atom is 0.0702 e. The molecule has 1 aromatic carbocycles. The summed E-state index contributed by atoms with van der Waals surface area (Å²) in [6.45, 7) is 0. The van der Waals surface area contributed by atoms with E-state index in [1.54, 1.807) is 0 Å². The van der Waals surface area contributed by atoms with Crippen LogP contribution in [0.3, 0.4) is 0 Å². The van der Waals surface area contributed by atoms with E-state index in [0.717, 1.165) is 23.3 Å². The number of rotatable bonds is 4. The summed E-state index contributed by atoms with van der Waals surface area (Å²) in [5.41, 5.74) is 2.51. The van der Waals surface area contributed by atoms with Crippen molar-refractivity contribution in [1.82, 2.24) is 10.3 Å². The van der Waals surface area contributed by atoms with E-state index in [9.17, 15) is 0 Å². The first kappa shape index (κ1) is 13.3. The fourth-order valence-corrected chi connectivity index (χ4v) is 4.70. The molecule has 0 aliphatic heterocycles. The fourth-order valence-electron chi connectivity index (χ4n) is 4.70. The maximum atomic E-state index is 4.42. The van der Waals surface area contributed by atoms with Crippen LogP contribution < -0.4 is 5.32 Å². The third-order valence-corrected chi connectivity index (χ3v) is 5.80. The highest BCUT2D eigenvalue weighted by Gasteiger charge is 2.40. The van der Waals surface area contributed by atoms with E-state index in [4.69, 9.17) is 0 Å². The van der Waals surface area contributed by atoms with Crippen molar-refractivity contribution in [2.75, 3.05) is 7.05 Å². The van der Waals surface area contributed by atoms with Crippen LogP contribution in [0.2, 0.25) is 0 Å². The van der Waals surface area contributed by atoms with Gasteiger partial charge in [0.05, 0.1) is 5.52 Å². The SMILES string of the molecule is CNC(CC1CC2CCC1C2)c1ccc2ncccc2c1. The van der Waals surface area contributed by atoms with Crippen molar-refractivity contribution in [3.05, 3.63) is 42.1 Å². The zero-order valence-electron chi connectivity index (χ0n) is 12.8. The molecule has 2 aliphatic rings. The van der Waals surface area contributed by atoms with Crippen molar-refractivity contribution in [2.24, 2.45) is 17.8 Å². The van der Waals surface area contributed by atoms with Crippen molar-refractivity contribution in [1.29, 1.82) is 0 Å². The number of benzene rings is 1. The number of hydrogen-bond donors (Lipinski definition) is 1. The third kappa shape index (κ3) is 2.46. The van der Waals surface area contributed by atoms with E-state index < -0.39 is 0 Å². The average Bonchev–Trinajstić information content (AvgIpc) is 3.15. The summed E-state index contributed by atoms with van der Waals surface area (Å²) in [4.78, 5) is 4.42. The number of hydrogen-bond acceptors (Lipinski definition) is 2. The van der Waals surface area contributed by atoms with E-state index in [1.807, 2.05) is 12.3 Å². The number of fused-ring (bicyclic) bond motifs is 3. The Kier molecular flexibility index (Phi) is 3.42. The van der Waals surface area contributed by atoms with Gasteiger partial charge in [-0.3, -0.25) is 4.98 Å². The summed E-state index contributed by atoms with van der Waals surface area (Å²) >= 11 is 0. The van der Waals surface area contributed by atoms with E-state index >= 15 is 0 Å². The summed E-state index contributed by atoms with van der Waals surface area (Å²) in [7, 11) is 2.10. The van der Waals surface area contributed by atoms with Crippen LogP contribution >= 0.6 is 0 Å².